The van der Waals surface area contributed by atoms with Gasteiger partial charge in [-0.1, -0.05) is 29.8 Å². The third kappa shape index (κ3) is 3.69. The number of methoxy groups -OCH3 is 1. The van der Waals surface area contributed by atoms with Crippen molar-refractivity contribution in [2.75, 3.05) is 7.11 Å². The Morgan fingerprint density at radius 3 is 2.71 bits per heavy atom. The molecule has 2 N–H and O–H groups in total. The molecule has 0 saturated heterocycles. The summed E-state index contributed by atoms with van der Waals surface area (Å²) in [5.74, 6) is 1.07. The Balaban J connectivity index is 2.13. The minimum atomic E-state index is 0.00609. The van der Waals surface area contributed by atoms with Crippen molar-refractivity contribution in [3.63, 3.8) is 0 Å². The minimum absolute atomic E-state index is 0.00609. The van der Waals surface area contributed by atoms with Crippen molar-refractivity contribution in [2.24, 2.45) is 0 Å². The summed E-state index contributed by atoms with van der Waals surface area (Å²) in [5.41, 5.74) is 2.82. The van der Waals surface area contributed by atoms with Gasteiger partial charge in [-0.2, -0.15) is 0 Å². The molecule has 0 bridgehead atoms. The summed E-state index contributed by atoms with van der Waals surface area (Å²) >= 11 is 6.22. The van der Waals surface area contributed by atoms with Gasteiger partial charge >= 0.3 is 0 Å². The Kier molecular flexibility index (Phi) is 5.10. The highest BCUT2D eigenvalue weighted by Gasteiger charge is 2.13. The SMILES string of the molecule is COc1cccc(Cl)c1CNC(C)c1ccc(C)cc1O. The first-order valence-corrected chi connectivity index (χ1v) is 7.25. The highest BCUT2D eigenvalue weighted by atomic mass is 35.5. The van der Waals surface area contributed by atoms with E-state index >= 15 is 0 Å². The van der Waals surface area contributed by atoms with Crippen molar-refractivity contribution in [1.29, 1.82) is 0 Å². The Bertz CT molecular complexity index is 628. The van der Waals surface area contributed by atoms with Crippen LogP contribution in [0.3, 0.4) is 0 Å². The van der Waals surface area contributed by atoms with Crippen molar-refractivity contribution in [2.45, 2.75) is 26.4 Å². The van der Waals surface area contributed by atoms with Crippen molar-refractivity contribution in [3.8, 4) is 11.5 Å². The normalized spacial score (nSPS) is 12.2. The molecule has 2 aromatic carbocycles. The molecule has 4 heteroatoms. The van der Waals surface area contributed by atoms with E-state index in [1.165, 1.54) is 0 Å². The number of aromatic hydroxyl groups is 1. The van der Waals surface area contributed by atoms with Crippen molar-refractivity contribution < 1.29 is 9.84 Å². The molecule has 2 rings (SSSR count). The molecule has 0 radical (unpaired) electrons. The van der Waals surface area contributed by atoms with Crippen LogP contribution >= 0.6 is 11.6 Å². The third-order valence-electron chi connectivity index (χ3n) is 3.53. The maximum atomic E-state index is 10.0. The fourth-order valence-corrected chi connectivity index (χ4v) is 2.52. The van der Waals surface area contributed by atoms with Crippen LogP contribution in [0.1, 0.15) is 29.7 Å². The van der Waals surface area contributed by atoms with Gasteiger partial charge in [0.1, 0.15) is 11.5 Å². The van der Waals surface area contributed by atoms with E-state index in [0.717, 1.165) is 22.4 Å². The Hall–Kier alpha value is -1.71. The first kappa shape index (κ1) is 15.7. The van der Waals surface area contributed by atoms with E-state index in [0.29, 0.717) is 17.3 Å². The van der Waals surface area contributed by atoms with E-state index in [1.54, 1.807) is 13.2 Å². The molecule has 0 aliphatic rings. The van der Waals surface area contributed by atoms with Crippen LogP contribution < -0.4 is 10.1 Å². The summed E-state index contributed by atoms with van der Waals surface area (Å²) in [6.45, 7) is 4.53. The monoisotopic (exact) mass is 305 g/mol. The molecular weight excluding hydrogens is 286 g/mol. The van der Waals surface area contributed by atoms with Crippen LogP contribution in [0.25, 0.3) is 0 Å². The summed E-state index contributed by atoms with van der Waals surface area (Å²) in [4.78, 5) is 0. The van der Waals surface area contributed by atoms with Gasteiger partial charge in [-0.3, -0.25) is 0 Å². The second-order valence-electron chi connectivity index (χ2n) is 5.09. The van der Waals surface area contributed by atoms with Gasteiger partial charge in [-0.25, -0.2) is 0 Å². The summed E-state index contributed by atoms with van der Waals surface area (Å²) in [6, 6.07) is 11.3. The number of phenolic OH excluding ortho intramolecular Hbond substituents is 1. The van der Waals surface area contributed by atoms with Crippen molar-refractivity contribution in [3.05, 3.63) is 58.1 Å². The van der Waals surface area contributed by atoms with Crippen LogP contribution in [-0.2, 0) is 6.54 Å². The molecule has 21 heavy (non-hydrogen) atoms. The lowest BCUT2D eigenvalue weighted by Crippen LogP contribution is -2.19. The average molecular weight is 306 g/mol. The van der Waals surface area contributed by atoms with Crippen LogP contribution in [-0.4, -0.2) is 12.2 Å². The van der Waals surface area contributed by atoms with Gasteiger partial charge in [-0.05, 0) is 37.6 Å². The number of rotatable bonds is 5. The van der Waals surface area contributed by atoms with E-state index in [2.05, 4.69) is 5.32 Å². The lowest BCUT2D eigenvalue weighted by Gasteiger charge is -2.18. The molecule has 3 nitrogen and oxygen atoms in total. The van der Waals surface area contributed by atoms with Gasteiger partial charge < -0.3 is 15.2 Å². The largest absolute Gasteiger partial charge is 0.508 e. The van der Waals surface area contributed by atoms with E-state index in [1.807, 2.05) is 44.2 Å². The van der Waals surface area contributed by atoms with E-state index in [9.17, 15) is 5.11 Å². The van der Waals surface area contributed by atoms with Crippen LogP contribution in [0.5, 0.6) is 11.5 Å². The molecule has 2 aromatic rings. The summed E-state index contributed by atoms with van der Waals surface area (Å²) in [6.07, 6.45) is 0. The molecule has 0 spiro atoms. The second kappa shape index (κ2) is 6.83. The lowest BCUT2D eigenvalue weighted by molar-refractivity contribution is 0.405. The van der Waals surface area contributed by atoms with Gasteiger partial charge in [0.25, 0.3) is 0 Å². The highest BCUT2D eigenvalue weighted by Crippen LogP contribution is 2.28. The zero-order valence-electron chi connectivity index (χ0n) is 12.5. The number of aryl methyl sites for hydroxylation is 1. The number of phenols is 1. The van der Waals surface area contributed by atoms with Crippen molar-refractivity contribution in [1.82, 2.24) is 5.32 Å². The van der Waals surface area contributed by atoms with Gasteiger partial charge in [0.15, 0.2) is 0 Å². The summed E-state index contributed by atoms with van der Waals surface area (Å²) < 4.78 is 5.33. The summed E-state index contributed by atoms with van der Waals surface area (Å²) in [7, 11) is 1.63. The van der Waals surface area contributed by atoms with Crippen LogP contribution in [0.2, 0.25) is 5.02 Å². The predicted octanol–water partition coefficient (Wildman–Crippen LogP) is 4.21. The number of halogens is 1. The average Bonchev–Trinajstić information content (AvgIpc) is 2.45. The van der Waals surface area contributed by atoms with Gasteiger partial charge in [0.2, 0.25) is 0 Å². The maximum absolute atomic E-state index is 10.0. The number of hydrogen-bond acceptors (Lipinski definition) is 3. The molecule has 0 aliphatic heterocycles. The number of hydrogen-bond donors (Lipinski definition) is 2. The van der Waals surface area contributed by atoms with Crippen LogP contribution in [0, 0.1) is 6.92 Å². The first-order chi connectivity index (χ1) is 10.0. The smallest absolute Gasteiger partial charge is 0.124 e. The molecule has 1 unspecified atom stereocenters. The van der Waals surface area contributed by atoms with E-state index < -0.39 is 0 Å². The standard InChI is InChI=1S/C17H20ClNO2/c1-11-7-8-13(16(20)9-11)12(2)19-10-14-15(18)5-4-6-17(14)21-3/h4-9,12,19-20H,10H2,1-3H3. The zero-order valence-corrected chi connectivity index (χ0v) is 13.2. The number of nitrogens with one attached hydrogen (secondary N) is 1. The molecule has 0 amide bonds. The van der Waals surface area contributed by atoms with E-state index in [-0.39, 0.29) is 6.04 Å². The molecular formula is C17H20ClNO2. The topological polar surface area (TPSA) is 41.5 Å². The lowest BCUT2D eigenvalue weighted by atomic mass is 10.0. The Morgan fingerprint density at radius 1 is 1.29 bits per heavy atom. The predicted molar refractivity (Wildman–Crippen MR) is 86.1 cm³/mol. The molecule has 0 saturated carbocycles. The fourth-order valence-electron chi connectivity index (χ4n) is 2.29. The van der Waals surface area contributed by atoms with Crippen molar-refractivity contribution >= 4 is 11.6 Å². The Labute approximate surface area is 130 Å². The van der Waals surface area contributed by atoms with Gasteiger partial charge in [0, 0.05) is 28.7 Å². The third-order valence-corrected chi connectivity index (χ3v) is 3.89. The van der Waals surface area contributed by atoms with Gasteiger partial charge in [-0.15, -0.1) is 0 Å². The molecule has 0 aromatic heterocycles. The highest BCUT2D eigenvalue weighted by molar-refractivity contribution is 6.31. The summed E-state index contributed by atoms with van der Waals surface area (Å²) in [5, 5.41) is 14.1. The molecule has 0 aliphatic carbocycles. The maximum Gasteiger partial charge on any atom is 0.124 e. The van der Waals surface area contributed by atoms with E-state index in [4.69, 9.17) is 16.3 Å². The zero-order chi connectivity index (χ0) is 15.4. The molecule has 0 fully saturated rings. The molecule has 112 valence electrons. The Morgan fingerprint density at radius 2 is 2.05 bits per heavy atom. The molecule has 1 atom stereocenters. The quantitative estimate of drug-likeness (QED) is 0.869. The fraction of sp³-hybridized carbons (Fsp3) is 0.294. The second-order valence-corrected chi connectivity index (χ2v) is 5.49. The van der Waals surface area contributed by atoms with Gasteiger partial charge in [0.05, 0.1) is 7.11 Å². The minimum Gasteiger partial charge on any atom is -0.508 e. The van der Waals surface area contributed by atoms with Crippen LogP contribution in [0.15, 0.2) is 36.4 Å². The number of ether oxygens (including phenoxy) is 1. The van der Waals surface area contributed by atoms with Crippen LogP contribution in [0.4, 0.5) is 0 Å². The number of benzene rings is 2. The first-order valence-electron chi connectivity index (χ1n) is 6.87. The molecule has 0 heterocycles.